The van der Waals surface area contributed by atoms with Gasteiger partial charge in [-0.3, -0.25) is 0 Å². The first-order chi connectivity index (χ1) is 4.72. The van der Waals surface area contributed by atoms with Gasteiger partial charge < -0.3 is 9.94 Å². The van der Waals surface area contributed by atoms with E-state index in [1.807, 2.05) is 0 Å². The Hall–Kier alpha value is -1.32. The molecule has 0 aromatic carbocycles. The molecular weight excluding hydrogens is 132 g/mol. The Kier molecular flexibility index (Phi) is 1.71. The Morgan fingerprint density at radius 1 is 1.70 bits per heavy atom. The molecule has 4 nitrogen and oxygen atoms in total. The van der Waals surface area contributed by atoms with E-state index >= 15 is 0 Å². The third kappa shape index (κ3) is 1.34. The molecule has 0 amide bonds. The molecule has 54 valence electrons. The summed E-state index contributed by atoms with van der Waals surface area (Å²) in [5.41, 5.74) is 0.835. The normalized spacial score (nSPS) is 9.40. The van der Waals surface area contributed by atoms with Gasteiger partial charge in [0, 0.05) is 11.6 Å². The summed E-state index contributed by atoms with van der Waals surface area (Å²) in [7, 11) is 1.47. The lowest BCUT2D eigenvalue weighted by Crippen LogP contribution is -2.30. The molecule has 0 fully saturated rings. The van der Waals surface area contributed by atoms with Crippen molar-refractivity contribution in [2.24, 2.45) is 0 Å². The quantitative estimate of drug-likeness (QED) is 0.408. The van der Waals surface area contributed by atoms with E-state index in [0.29, 0.717) is 10.7 Å². The molecule has 1 aromatic heterocycles. The van der Waals surface area contributed by atoms with Gasteiger partial charge >= 0.3 is 0 Å². The highest BCUT2D eigenvalue weighted by Crippen LogP contribution is 2.02. The van der Waals surface area contributed by atoms with Crippen molar-refractivity contribution in [1.82, 2.24) is 5.10 Å². The number of hydrogen-bond donors (Lipinski definition) is 0. The molecule has 0 aliphatic rings. The molecule has 1 aromatic rings. The average Bonchev–Trinajstić information content (AvgIpc) is 1.85. The second-order valence-corrected chi connectivity index (χ2v) is 1.96. The number of nitrogens with zero attached hydrogens (tertiary/aromatic N) is 2. The molecule has 0 aliphatic heterocycles. The van der Waals surface area contributed by atoms with Gasteiger partial charge in [0.05, 0.1) is 12.2 Å². The zero-order valence-electron chi connectivity index (χ0n) is 5.87. The van der Waals surface area contributed by atoms with Crippen LogP contribution in [0.25, 0.3) is 0 Å². The van der Waals surface area contributed by atoms with Crippen molar-refractivity contribution in [3.8, 4) is 5.88 Å². The highest BCUT2D eigenvalue weighted by molar-refractivity contribution is 5.12. The van der Waals surface area contributed by atoms with Crippen molar-refractivity contribution in [1.29, 1.82) is 0 Å². The van der Waals surface area contributed by atoms with Crippen LogP contribution in [0, 0.1) is 12.1 Å². The van der Waals surface area contributed by atoms with E-state index in [1.165, 1.54) is 13.3 Å². The first-order valence-electron chi connectivity index (χ1n) is 2.84. The van der Waals surface area contributed by atoms with Gasteiger partial charge in [-0.25, -0.2) is 0 Å². The fourth-order valence-corrected chi connectivity index (χ4v) is 0.661. The lowest BCUT2D eigenvalue weighted by molar-refractivity contribution is -0.670. The summed E-state index contributed by atoms with van der Waals surface area (Å²) in [6.45, 7) is 1.80. The van der Waals surface area contributed by atoms with Gasteiger partial charge in [0.1, 0.15) is 0 Å². The van der Waals surface area contributed by atoms with E-state index in [-0.39, 0.29) is 0 Å². The minimum Gasteiger partial charge on any atom is -0.594 e. The lowest BCUT2D eigenvalue weighted by atomic mass is 10.3. The molecule has 0 atom stereocenters. The van der Waals surface area contributed by atoms with Gasteiger partial charge in [-0.1, -0.05) is 4.85 Å². The molecule has 0 saturated carbocycles. The highest BCUT2D eigenvalue weighted by atomic mass is 16.5. The Morgan fingerprint density at radius 3 is 2.90 bits per heavy atom. The van der Waals surface area contributed by atoms with Gasteiger partial charge in [-0.15, -0.1) is 0 Å². The number of ether oxygens (including phenoxy) is 1. The van der Waals surface area contributed by atoms with Crippen LogP contribution < -0.4 is 9.58 Å². The Labute approximate surface area is 58.6 Å². The van der Waals surface area contributed by atoms with E-state index in [9.17, 15) is 5.21 Å². The van der Waals surface area contributed by atoms with Crippen LogP contribution in [0.1, 0.15) is 5.56 Å². The third-order valence-electron chi connectivity index (χ3n) is 1.07. The monoisotopic (exact) mass is 140 g/mol. The summed E-state index contributed by atoms with van der Waals surface area (Å²) >= 11 is 0. The summed E-state index contributed by atoms with van der Waals surface area (Å²) in [5, 5.41) is 14.1. The Balaban J connectivity index is 3.06. The van der Waals surface area contributed by atoms with Crippen molar-refractivity contribution < 1.29 is 9.58 Å². The molecule has 0 radical (unpaired) electrons. The van der Waals surface area contributed by atoms with E-state index in [0.717, 1.165) is 5.56 Å². The number of methoxy groups -OCH3 is 1. The SMILES string of the molecule is COc1cc(C)c[n+]([O-])n1. The summed E-state index contributed by atoms with van der Waals surface area (Å²) in [5.74, 6) is 0.343. The minimum absolute atomic E-state index is 0.343. The number of rotatable bonds is 1. The standard InChI is InChI=1S/C6H8N2O2/c1-5-3-6(10-2)7-8(9)4-5/h3-4H,1-2H3. The molecular formula is C6H8N2O2. The molecule has 10 heavy (non-hydrogen) atoms. The fraction of sp³-hybridized carbons (Fsp3) is 0.333. The maximum absolute atomic E-state index is 10.6. The second kappa shape index (κ2) is 2.51. The summed E-state index contributed by atoms with van der Waals surface area (Å²) in [6, 6.07) is 1.69. The smallest absolute Gasteiger partial charge is 0.280 e. The van der Waals surface area contributed by atoms with Gasteiger partial charge in [-0.05, 0) is 6.92 Å². The predicted molar refractivity (Wildman–Crippen MR) is 34.5 cm³/mol. The van der Waals surface area contributed by atoms with E-state index in [1.54, 1.807) is 13.0 Å². The summed E-state index contributed by atoms with van der Waals surface area (Å²) < 4.78 is 4.74. The van der Waals surface area contributed by atoms with Crippen LogP contribution in [0.5, 0.6) is 5.88 Å². The van der Waals surface area contributed by atoms with Crippen LogP contribution >= 0.6 is 0 Å². The van der Waals surface area contributed by atoms with E-state index in [2.05, 4.69) is 5.10 Å². The first kappa shape index (κ1) is 6.80. The van der Waals surface area contributed by atoms with Gasteiger partial charge in [0.2, 0.25) is 6.20 Å². The lowest BCUT2D eigenvalue weighted by Gasteiger charge is -1.97. The molecule has 0 unspecified atom stereocenters. The molecule has 4 heteroatoms. The maximum Gasteiger partial charge on any atom is 0.280 e. The summed E-state index contributed by atoms with van der Waals surface area (Å²) in [6.07, 6.45) is 1.38. The summed E-state index contributed by atoms with van der Waals surface area (Å²) in [4.78, 5) is 0.480. The van der Waals surface area contributed by atoms with E-state index < -0.39 is 0 Å². The average molecular weight is 140 g/mol. The number of aryl methyl sites for hydroxylation is 1. The van der Waals surface area contributed by atoms with Gasteiger partial charge in [0.25, 0.3) is 5.88 Å². The van der Waals surface area contributed by atoms with Crippen molar-refractivity contribution in [3.05, 3.63) is 23.0 Å². The minimum atomic E-state index is 0.343. The van der Waals surface area contributed by atoms with Crippen molar-refractivity contribution in [3.63, 3.8) is 0 Å². The molecule has 0 bridgehead atoms. The Morgan fingerprint density at radius 2 is 2.40 bits per heavy atom. The fourth-order valence-electron chi connectivity index (χ4n) is 0.661. The van der Waals surface area contributed by atoms with Crippen LogP contribution in [-0.2, 0) is 0 Å². The maximum atomic E-state index is 10.6. The predicted octanol–water partition coefficient (Wildman–Crippen LogP) is 0.0320. The molecule has 0 saturated heterocycles. The van der Waals surface area contributed by atoms with E-state index in [4.69, 9.17) is 4.74 Å². The second-order valence-electron chi connectivity index (χ2n) is 1.96. The largest absolute Gasteiger partial charge is 0.594 e. The zero-order valence-corrected chi connectivity index (χ0v) is 5.87. The molecule has 1 heterocycles. The van der Waals surface area contributed by atoms with Crippen molar-refractivity contribution >= 4 is 0 Å². The van der Waals surface area contributed by atoms with Crippen molar-refractivity contribution in [2.75, 3.05) is 7.11 Å². The molecule has 1 rings (SSSR count). The van der Waals surface area contributed by atoms with Gasteiger partial charge in [-0.2, -0.15) is 0 Å². The molecule has 0 N–H and O–H groups in total. The van der Waals surface area contributed by atoms with Crippen LogP contribution in [0.15, 0.2) is 12.3 Å². The third-order valence-corrected chi connectivity index (χ3v) is 1.07. The van der Waals surface area contributed by atoms with Crippen LogP contribution in [0.2, 0.25) is 0 Å². The Bertz CT molecular complexity index is 217. The number of aromatic nitrogens is 2. The zero-order chi connectivity index (χ0) is 7.56. The first-order valence-corrected chi connectivity index (χ1v) is 2.84. The van der Waals surface area contributed by atoms with Crippen LogP contribution in [0.3, 0.4) is 0 Å². The number of hydrogen-bond acceptors (Lipinski definition) is 3. The van der Waals surface area contributed by atoms with Crippen molar-refractivity contribution in [2.45, 2.75) is 6.92 Å². The molecule has 0 spiro atoms. The molecule has 0 aliphatic carbocycles. The van der Waals surface area contributed by atoms with Gasteiger partial charge in [0.15, 0.2) is 0 Å². The highest BCUT2D eigenvalue weighted by Gasteiger charge is 1.99. The van der Waals surface area contributed by atoms with Crippen LogP contribution in [0.4, 0.5) is 0 Å². The topological polar surface area (TPSA) is 49.1 Å². The van der Waals surface area contributed by atoms with Crippen LogP contribution in [-0.4, -0.2) is 12.2 Å².